The van der Waals surface area contributed by atoms with Gasteiger partial charge < -0.3 is 10.0 Å². The fourth-order valence-corrected chi connectivity index (χ4v) is 2.61. The van der Waals surface area contributed by atoms with Gasteiger partial charge in [-0.15, -0.1) is 0 Å². The van der Waals surface area contributed by atoms with E-state index in [0.29, 0.717) is 17.3 Å². The lowest BCUT2D eigenvalue weighted by molar-refractivity contribution is 0.0677. The SMILES string of the molecule is CC(C)c1cc(C(=O)N2CCC[C@H]2CO)cc(Cl)n1. The van der Waals surface area contributed by atoms with Gasteiger partial charge in [-0.25, -0.2) is 4.98 Å². The van der Waals surface area contributed by atoms with Gasteiger partial charge in [0.05, 0.1) is 12.6 Å². The lowest BCUT2D eigenvalue weighted by atomic mass is 10.1. The molecule has 19 heavy (non-hydrogen) atoms. The Kier molecular flexibility index (Phi) is 4.42. The van der Waals surface area contributed by atoms with Crippen LogP contribution in [-0.4, -0.2) is 40.1 Å². The molecule has 0 radical (unpaired) electrons. The molecule has 4 nitrogen and oxygen atoms in total. The van der Waals surface area contributed by atoms with Crippen molar-refractivity contribution < 1.29 is 9.90 Å². The van der Waals surface area contributed by atoms with Crippen LogP contribution in [0.5, 0.6) is 0 Å². The first-order chi connectivity index (χ1) is 9.02. The van der Waals surface area contributed by atoms with Crippen molar-refractivity contribution in [3.8, 4) is 0 Å². The maximum atomic E-state index is 12.5. The Morgan fingerprint density at radius 2 is 2.32 bits per heavy atom. The normalized spacial score (nSPS) is 19.2. The molecule has 1 saturated heterocycles. The van der Waals surface area contributed by atoms with Crippen LogP contribution >= 0.6 is 11.6 Å². The quantitative estimate of drug-likeness (QED) is 0.867. The van der Waals surface area contributed by atoms with Gasteiger partial charge in [-0.05, 0) is 30.9 Å². The van der Waals surface area contributed by atoms with Crippen LogP contribution in [0.1, 0.15) is 48.7 Å². The predicted molar refractivity (Wildman–Crippen MR) is 74.5 cm³/mol. The minimum atomic E-state index is -0.0676. The van der Waals surface area contributed by atoms with Gasteiger partial charge in [-0.2, -0.15) is 0 Å². The standard InChI is InChI=1S/C14H19ClN2O2/c1-9(2)12-6-10(7-13(15)16-12)14(19)17-5-3-4-11(17)8-18/h6-7,9,11,18H,3-5,8H2,1-2H3/t11-/m0/s1. The molecule has 0 saturated carbocycles. The number of aliphatic hydroxyl groups is 1. The second-order valence-corrected chi connectivity index (χ2v) is 5.62. The molecule has 0 spiro atoms. The summed E-state index contributed by atoms with van der Waals surface area (Å²) >= 11 is 5.98. The zero-order valence-corrected chi connectivity index (χ0v) is 12.0. The summed E-state index contributed by atoms with van der Waals surface area (Å²) in [6, 6.07) is 3.33. The molecule has 5 heteroatoms. The zero-order chi connectivity index (χ0) is 14.0. The second-order valence-electron chi connectivity index (χ2n) is 5.24. The zero-order valence-electron chi connectivity index (χ0n) is 11.3. The first-order valence-corrected chi connectivity index (χ1v) is 7.00. The Bertz CT molecular complexity index is 477. The molecule has 1 fully saturated rings. The number of aromatic nitrogens is 1. The monoisotopic (exact) mass is 282 g/mol. The highest BCUT2D eigenvalue weighted by molar-refractivity contribution is 6.29. The summed E-state index contributed by atoms with van der Waals surface area (Å²) in [5.74, 6) is 0.153. The fourth-order valence-electron chi connectivity index (χ4n) is 2.40. The van der Waals surface area contributed by atoms with Crippen LogP contribution < -0.4 is 0 Å². The molecule has 2 rings (SSSR count). The number of nitrogens with zero attached hydrogens (tertiary/aromatic N) is 2. The smallest absolute Gasteiger partial charge is 0.254 e. The number of rotatable bonds is 3. The summed E-state index contributed by atoms with van der Waals surface area (Å²) in [6.45, 7) is 4.74. The van der Waals surface area contributed by atoms with E-state index in [0.717, 1.165) is 18.5 Å². The van der Waals surface area contributed by atoms with Gasteiger partial charge in [0, 0.05) is 17.8 Å². The van der Waals surface area contributed by atoms with Crippen LogP contribution in [0.3, 0.4) is 0 Å². The third-order valence-electron chi connectivity index (χ3n) is 3.50. The molecule has 0 aliphatic carbocycles. The summed E-state index contributed by atoms with van der Waals surface area (Å²) in [5.41, 5.74) is 1.37. The molecule has 1 amide bonds. The van der Waals surface area contributed by atoms with E-state index in [2.05, 4.69) is 4.98 Å². The Labute approximate surface area is 118 Å². The largest absolute Gasteiger partial charge is 0.394 e. The van der Waals surface area contributed by atoms with Crippen molar-refractivity contribution >= 4 is 17.5 Å². The van der Waals surface area contributed by atoms with E-state index in [1.165, 1.54) is 0 Å². The molecule has 1 atom stereocenters. The summed E-state index contributed by atoms with van der Waals surface area (Å²) < 4.78 is 0. The molecule has 104 valence electrons. The van der Waals surface area contributed by atoms with E-state index in [1.54, 1.807) is 17.0 Å². The van der Waals surface area contributed by atoms with Gasteiger partial charge >= 0.3 is 0 Å². The molecule has 0 aromatic carbocycles. The molecule has 1 aromatic rings. The van der Waals surface area contributed by atoms with E-state index in [-0.39, 0.29) is 24.5 Å². The number of pyridine rings is 1. The minimum absolute atomic E-state index is 0.0155. The Morgan fingerprint density at radius 1 is 1.58 bits per heavy atom. The van der Waals surface area contributed by atoms with E-state index in [1.807, 2.05) is 13.8 Å². The summed E-state index contributed by atoms with van der Waals surface area (Å²) in [5, 5.41) is 9.64. The van der Waals surface area contributed by atoms with Crippen molar-refractivity contribution in [2.24, 2.45) is 0 Å². The number of aliphatic hydroxyl groups excluding tert-OH is 1. The molecule has 0 unspecified atom stereocenters. The highest BCUT2D eigenvalue weighted by Gasteiger charge is 2.29. The topological polar surface area (TPSA) is 53.4 Å². The van der Waals surface area contributed by atoms with Crippen LogP contribution in [0.25, 0.3) is 0 Å². The predicted octanol–water partition coefficient (Wildman–Crippen LogP) is 2.46. The first kappa shape index (κ1) is 14.3. The van der Waals surface area contributed by atoms with Crippen molar-refractivity contribution in [2.45, 2.75) is 38.6 Å². The van der Waals surface area contributed by atoms with Gasteiger partial charge in [0.2, 0.25) is 0 Å². The molecule has 1 aliphatic rings. The molecule has 1 N–H and O–H groups in total. The number of hydrogen-bond donors (Lipinski definition) is 1. The van der Waals surface area contributed by atoms with E-state index in [9.17, 15) is 9.90 Å². The van der Waals surface area contributed by atoms with Crippen LogP contribution in [0.4, 0.5) is 0 Å². The molecule has 1 aromatic heterocycles. The first-order valence-electron chi connectivity index (χ1n) is 6.62. The summed E-state index contributed by atoms with van der Waals surface area (Å²) in [7, 11) is 0. The third-order valence-corrected chi connectivity index (χ3v) is 3.69. The Balaban J connectivity index is 2.28. The second kappa shape index (κ2) is 5.88. The van der Waals surface area contributed by atoms with Crippen molar-refractivity contribution in [1.82, 2.24) is 9.88 Å². The van der Waals surface area contributed by atoms with Gasteiger partial charge in [-0.1, -0.05) is 25.4 Å². The molecule has 1 aliphatic heterocycles. The summed E-state index contributed by atoms with van der Waals surface area (Å²) in [6.07, 6.45) is 1.80. The molecular weight excluding hydrogens is 264 g/mol. The average molecular weight is 283 g/mol. The lowest BCUT2D eigenvalue weighted by Crippen LogP contribution is -2.37. The number of amides is 1. The van der Waals surface area contributed by atoms with E-state index in [4.69, 9.17) is 11.6 Å². The fraction of sp³-hybridized carbons (Fsp3) is 0.571. The van der Waals surface area contributed by atoms with Crippen LogP contribution in [-0.2, 0) is 0 Å². The molecule has 2 heterocycles. The molecule has 0 bridgehead atoms. The highest BCUT2D eigenvalue weighted by Crippen LogP contribution is 2.23. The number of likely N-dealkylation sites (tertiary alicyclic amines) is 1. The van der Waals surface area contributed by atoms with Crippen LogP contribution in [0.15, 0.2) is 12.1 Å². The summed E-state index contributed by atoms with van der Waals surface area (Å²) in [4.78, 5) is 18.4. The highest BCUT2D eigenvalue weighted by atomic mass is 35.5. The Morgan fingerprint density at radius 3 is 2.95 bits per heavy atom. The van der Waals surface area contributed by atoms with Crippen molar-refractivity contribution in [1.29, 1.82) is 0 Å². The van der Waals surface area contributed by atoms with Gasteiger partial charge in [0.15, 0.2) is 0 Å². The van der Waals surface area contributed by atoms with Gasteiger partial charge in [0.1, 0.15) is 5.15 Å². The van der Waals surface area contributed by atoms with Crippen molar-refractivity contribution in [2.75, 3.05) is 13.2 Å². The third kappa shape index (κ3) is 3.07. The number of carbonyl (C=O) groups excluding carboxylic acids is 1. The maximum absolute atomic E-state index is 12.5. The number of carbonyl (C=O) groups is 1. The molecular formula is C14H19ClN2O2. The van der Waals surface area contributed by atoms with Gasteiger partial charge in [0.25, 0.3) is 5.91 Å². The van der Waals surface area contributed by atoms with Gasteiger partial charge in [-0.3, -0.25) is 4.79 Å². The van der Waals surface area contributed by atoms with Crippen LogP contribution in [0.2, 0.25) is 5.15 Å². The van der Waals surface area contributed by atoms with E-state index < -0.39 is 0 Å². The minimum Gasteiger partial charge on any atom is -0.394 e. The number of halogens is 1. The lowest BCUT2D eigenvalue weighted by Gasteiger charge is -2.23. The Hall–Kier alpha value is -1.13. The van der Waals surface area contributed by atoms with Crippen LogP contribution in [0, 0.1) is 0 Å². The van der Waals surface area contributed by atoms with Crippen molar-refractivity contribution in [3.05, 3.63) is 28.5 Å². The van der Waals surface area contributed by atoms with E-state index >= 15 is 0 Å². The average Bonchev–Trinajstić information content (AvgIpc) is 2.85. The number of hydrogen-bond acceptors (Lipinski definition) is 3. The maximum Gasteiger partial charge on any atom is 0.254 e. The van der Waals surface area contributed by atoms with Crippen molar-refractivity contribution in [3.63, 3.8) is 0 Å².